The molecule has 0 aliphatic heterocycles. The van der Waals surface area contributed by atoms with Crippen molar-refractivity contribution in [1.82, 2.24) is 4.31 Å². The molecule has 8 nitrogen and oxygen atoms in total. The molecule has 0 saturated carbocycles. The number of aliphatic hydroxyl groups excluding tert-OH is 1. The fraction of sp³-hybridized carbons (Fsp3) is 0.368. The Morgan fingerprint density at radius 2 is 1.79 bits per heavy atom. The minimum atomic E-state index is -3.80. The molecule has 2 aromatic rings. The summed E-state index contributed by atoms with van der Waals surface area (Å²) in [5.74, 6) is 0. The van der Waals surface area contributed by atoms with E-state index in [4.69, 9.17) is 0 Å². The molecule has 28 heavy (non-hydrogen) atoms. The van der Waals surface area contributed by atoms with Gasteiger partial charge in [0.25, 0.3) is 5.69 Å². The van der Waals surface area contributed by atoms with Gasteiger partial charge < -0.3 is 10.4 Å². The number of nitro benzene ring substituents is 1. The van der Waals surface area contributed by atoms with Crippen LogP contribution in [0.15, 0.2) is 53.4 Å². The number of aliphatic hydroxyl groups is 1. The maximum absolute atomic E-state index is 12.6. The Labute approximate surface area is 165 Å². The Morgan fingerprint density at radius 3 is 2.32 bits per heavy atom. The topological polar surface area (TPSA) is 113 Å². The van der Waals surface area contributed by atoms with Gasteiger partial charge in [0.05, 0.1) is 22.5 Å². The zero-order chi connectivity index (χ0) is 20.7. The van der Waals surface area contributed by atoms with Crippen LogP contribution in [0.3, 0.4) is 0 Å². The van der Waals surface area contributed by atoms with Gasteiger partial charge in [-0.25, -0.2) is 8.42 Å². The van der Waals surface area contributed by atoms with Crippen LogP contribution in [0.5, 0.6) is 0 Å². The lowest BCUT2D eigenvalue weighted by Gasteiger charge is -2.20. The SMILES string of the molecule is CCN(CC)S(=O)(=O)c1ccc(NC(CO)Cc2ccccc2)c([N+](=O)[O-])c1. The van der Waals surface area contributed by atoms with Crippen molar-refractivity contribution < 1.29 is 18.4 Å². The summed E-state index contributed by atoms with van der Waals surface area (Å²) in [5.41, 5.74) is 0.788. The molecule has 0 radical (unpaired) electrons. The Kier molecular flexibility index (Phi) is 7.50. The van der Waals surface area contributed by atoms with Crippen LogP contribution < -0.4 is 5.32 Å². The zero-order valence-electron chi connectivity index (χ0n) is 15.9. The maximum atomic E-state index is 12.6. The van der Waals surface area contributed by atoms with E-state index in [-0.39, 0.29) is 36.0 Å². The number of anilines is 1. The molecule has 0 aliphatic carbocycles. The number of nitrogens with zero attached hydrogens (tertiary/aromatic N) is 2. The van der Waals surface area contributed by atoms with Crippen LogP contribution in [0.1, 0.15) is 19.4 Å². The second-order valence-electron chi connectivity index (χ2n) is 6.24. The summed E-state index contributed by atoms with van der Waals surface area (Å²) in [5, 5.41) is 24.2. The van der Waals surface area contributed by atoms with E-state index >= 15 is 0 Å². The van der Waals surface area contributed by atoms with Crippen molar-refractivity contribution in [2.75, 3.05) is 25.0 Å². The number of sulfonamides is 1. The van der Waals surface area contributed by atoms with Crippen molar-refractivity contribution in [2.24, 2.45) is 0 Å². The van der Waals surface area contributed by atoms with Crippen molar-refractivity contribution in [3.8, 4) is 0 Å². The van der Waals surface area contributed by atoms with Gasteiger partial charge in [-0.05, 0) is 24.1 Å². The number of nitro groups is 1. The smallest absolute Gasteiger partial charge is 0.293 e. The van der Waals surface area contributed by atoms with Gasteiger partial charge >= 0.3 is 0 Å². The van der Waals surface area contributed by atoms with Gasteiger partial charge in [-0.2, -0.15) is 4.31 Å². The first-order valence-corrected chi connectivity index (χ1v) is 10.5. The van der Waals surface area contributed by atoms with Gasteiger partial charge in [0.2, 0.25) is 10.0 Å². The van der Waals surface area contributed by atoms with Crippen LogP contribution in [0.4, 0.5) is 11.4 Å². The molecule has 0 saturated heterocycles. The quantitative estimate of drug-likeness (QED) is 0.462. The molecule has 0 bridgehead atoms. The predicted molar refractivity (Wildman–Crippen MR) is 108 cm³/mol. The molecule has 2 N–H and O–H groups in total. The lowest BCUT2D eigenvalue weighted by atomic mass is 10.1. The molecule has 0 aromatic heterocycles. The second-order valence-corrected chi connectivity index (χ2v) is 8.18. The van der Waals surface area contributed by atoms with E-state index in [0.29, 0.717) is 6.42 Å². The first-order valence-electron chi connectivity index (χ1n) is 9.03. The molecule has 1 atom stereocenters. The molecule has 9 heteroatoms. The van der Waals surface area contributed by atoms with Crippen LogP contribution in [0.25, 0.3) is 0 Å². The number of hydrogen-bond acceptors (Lipinski definition) is 6. The molecule has 0 heterocycles. The van der Waals surface area contributed by atoms with E-state index in [1.165, 1.54) is 16.4 Å². The number of rotatable bonds is 10. The standard InChI is InChI=1S/C19H25N3O5S/c1-3-21(4-2)28(26,27)17-10-11-18(19(13-17)22(24)25)20-16(14-23)12-15-8-6-5-7-9-15/h5-11,13,16,20,23H,3-4,12,14H2,1-2H3. The average Bonchev–Trinajstić information content (AvgIpc) is 2.68. The van der Waals surface area contributed by atoms with Gasteiger partial charge in [0, 0.05) is 19.2 Å². The van der Waals surface area contributed by atoms with Crippen molar-refractivity contribution >= 4 is 21.4 Å². The highest BCUT2D eigenvalue weighted by Gasteiger charge is 2.26. The minimum absolute atomic E-state index is 0.128. The third-order valence-electron chi connectivity index (χ3n) is 4.41. The number of nitrogens with one attached hydrogen (secondary N) is 1. The van der Waals surface area contributed by atoms with E-state index < -0.39 is 21.0 Å². The first-order chi connectivity index (χ1) is 13.3. The second kappa shape index (κ2) is 9.63. The van der Waals surface area contributed by atoms with Crippen LogP contribution >= 0.6 is 0 Å². The summed E-state index contributed by atoms with van der Waals surface area (Å²) < 4.78 is 26.5. The molecule has 0 aliphatic rings. The normalized spacial score (nSPS) is 12.7. The molecule has 2 aromatic carbocycles. The summed E-state index contributed by atoms with van der Waals surface area (Å²) >= 11 is 0. The predicted octanol–water partition coefficient (Wildman–Crippen LogP) is 2.64. The van der Waals surface area contributed by atoms with Gasteiger partial charge in [-0.15, -0.1) is 0 Å². The molecular formula is C19H25N3O5S. The molecule has 0 fully saturated rings. The minimum Gasteiger partial charge on any atom is -0.394 e. The number of hydrogen-bond donors (Lipinski definition) is 2. The third-order valence-corrected chi connectivity index (χ3v) is 6.46. The van der Waals surface area contributed by atoms with E-state index in [9.17, 15) is 23.6 Å². The average molecular weight is 407 g/mol. The van der Waals surface area contributed by atoms with Gasteiger partial charge in [-0.1, -0.05) is 44.2 Å². The Morgan fingerprint density at radius 1 is 1.14 bits per heavy atom. The zero-order valence-corrected chi connectivity index (χ0v) is 16.7. The summed E-state index contributed by atoms with van der Waals surface area (Å²) in [6.45, 7) is 3.74. The highest BCUT2D eigenvalue weighted by Crippen LogP contribution is 2.29. The van der Waals surface area contributed by atoms with Crippen LogP contribution in [0, 0.1) is 10.1 Å². The summed E-state index contributed by atoms with van der Waals surface area (Å²) in [6.07, 6.45) is 0.466. The Bertz CT molecular complexity index is 899. The fourth-order valence-corrected chi connectivity index (χ4v) is 4.42. The van der Waals surface area contributed by atoms with Crippen molar-refractivity contribution in [3.05, 3.63) is 64.2 Å². The summed E-state index contributed by atoms with van der Waals surface area (Å²) in [4.78, 5) is 10.8. The van der Waals surface area contributed by atoms with Crippen molar-refractivity contribution in [1.29, 1.82) is 0 Å². The third kappa shape index (κ3) is 5.06. The molecule has 2 rings (SSSR count). The molecule has 1 unspecified atom stereocenters. The lowest BCUT2D eigenvalue weighted by Crippen LogP contribution is -2.31. The van der Waals surface area contributed by atoms with E-state index in [2.05, 4.69) is 5.32 Å². The molecule has 0 amide bonds. The summed E-state index contributed by atoms with van der Waals surface area (Å²) in [7, 11) is -3.80. The Hall–Kier alpha value is -2.49. The van der Waals surface area contributed by atoms with Gasteiger partial charge in [0.1, 0.15) is 5.69 Å². The van der Waals surface area contributed by atoms with E-state index in [1.807, 2.05) is 30.3 Å². The molecular weight excluding hydrogens is 382 g/mol. The first kappa shape index (κ1) is 21.8. The highest BCUT2D eigenvalue weighted by atomic mass is 32.2. The van der Waals surface area contributed by atoms with Crippen LogP contribution in [-0.4, -0.2) is 48.5 Å². The Balaban J connectivity index is 2.33. The highest BCUT2D eigenvalue weighted by molar-refractivity contribution is 7.89. The lowest BCUT2D eigenvalue weighted by molar-refractivity contribution is -0.384. The maximum Gasteiger partial charge on any atom is 0.293 e. The summed E-state index contributed by atoms with van der Waals surface area (Å²) in [6, 6.07) is 12.8. The number of benzene rings is 2. The van der Waals surface area contributed by atoms with Crippen LogP contribution in [0.2, 0.25) is 0 Å². The van der Waals surface area contributed by atoms with Crippen molar-refractivity contribution in [2.45, 2.75) is 31.2 Å². The van der Waals surface area contributed by atoms with Gasteiger partial charge in [-0.3, -0.25) is 10.1 Å². The van der Waals surface area contributed by atoms with E-state index in [1.54, 1.807) is 13.8 Å². The van der Waals surface area contributed by atoms with Crippen LogP contribution in [-0.2, 0) is 16.4 Å². The molecule has 0 spiro atoms. The van der Waals surface area contributed by atoms with E-state index in [0.717, 1.165) is 11.6 Å². The largest absolute Gasteiger partial charge is 0.394 e. The fourth-order valence-electron chi connectivity index (χ4n) is 2.94. The molecule has 152 valence electrons. The monoisotopic (exact) mass is 407 g/mol. The van der Waals surface area contributed by atoms with Gasteiger partial charge in [0.15, 0.2) is 0 Å². The van der Waals surface area contributed by atoms with Crippen molar-refractivity contribution in [3.63, 3.8) is 0 Å².